The van der Waals surface area contributed by atoms with Crippen LogP contribution < -0.4 is 10.4 Å². The van der Waals surface area contributed by atoms with Gasteiger partial charge in [-0.2, -0.15) is 0 Å². The van der Waals surface area contributed by atoms with Crippen molar-refractivity contribution >= 4 is 40.4 Å². The fourth-order valence-corrected chi connectivity index (χ4v) is 4.06. The van der Waals surface area contributed by atoms with Crippen LogP contribution in [0, 0.1) is 0 Å². The zero-order valence-electron chi connectivity index (χ0n) is 17.5. The van der Waals surface area contributed by atoms with Gasteiger partial charge < -0.3 is 14.9 Å². The lowest BCUT2D eigenvalue weighted by Crippen LogP contribution is -2.29. The van der Waals surface area contributed by atoms with Crippen LogP contribution in [0.25, 0.3) is 21.9 Å². The summed E-state index contributed by atoms with van der Waals surface area (Å²) in [7, 11) is -1.49. The van der Waals surface area contributed by atoms with Gasteiger partial charge >= 0.3 is 7.12 Å². The van der Waals surface area contributed by atoms with Crippen molar-refractivity contribution in [3.8, 4) is 11.1 Å². The topological polar surface area (TPSA) is 43.7 Å². The highest BCUT2D eigenvalue weighted by Crippen LogP contribution is 2.39. The first-order valence-electron chi connectivity index (χ1n) is 10.6. The van der Waals surface area contributed by atoms with Crippen LogP contribution in [0.4, 0.5) is 17.1 Å². The molecule has 0 unspecified atom stereocenters. The number of fused-ring (bicyclic) bond motifs is 1. The quantitative estimate of drug-likeness (QED) is 0.364. The standard InChI is InChI=1S/C28H22BNO2/c31-29(32)24-15-19-26(20-16-24)30(28-12-6-10-23-9-4-5-11-27(23)28)25-17-13-22(14-18-25)21-7-2-1-3-8-21/h1-20,31-32H. The summed E-state index contributed by atoms with van der Waals surface area (Å²) in [5, 5.41) is 21.3. The van der Waals surface area contributed by atoms with Crippen molar-refractivity contribution in [1.29, 1.82) is 0 Å². The number of anilines is 3. The van der Waals surface area contributed by atoms with Crippen molar-refractivity contribution in [2.75, 3.05) is 4.90 Å². The molecule has 0 atom stereocenters. The van der Waals surface area contributed by atoms with E-state index in [1.807, 2.05) is 42.5 Å². The molecule has 5 aromatic carbocycles. The fourth-order valence-electron chi connectivity index (χ4n) is 4.06. The van der Waals surface area contributed by atoms with Gasteiger partial charge in [0.15, 0.2) is 0 Å². The van der Waals surface area contributed by atoms with Crippen molar-refractivity contribution in [1.82, 2.24) is 0 Å². The summed E-state index contributed by atoms with van der Waals surface area (Å²) in [4.78, 5) is 2.20. The minimum absolute atomic E-state index is 0.464. The molecule has 0 saturated carbocycles. The molecule has 0 spiro atoms. The maximum Gasteiger partial charge on any atom is 0.488 e. The van der Waals surface area contributed by atoms with E-state index in [0.717, 1.165) is 28.0 Å². The normalized spacial score (nSPS) is 10.8. The Balaban J connectivity index is 1.64. The van der Waals surface area contributed by atoms with Crippen molar-refractivity contribution < 1.29 is 10.0 Å². The van der Waals surface area contributed by atoms with Crippen LogP contribution in [-0.4, -0.2) is 17.2 Å². The number of rotatable bonds is 5. The predicted octanol–water partition coefficient (Wildman–Crippen LogP) is 5.66. The molecule has 0 aromatic heterocycles. The number of benzene rings is 5. The molecule has 0 aliphatic rings. The van der Waals surface area contributed by atoms with Gasteiger partial charge in [0.25, 0.3) is 0 Å². The first-order valence-corrected chi connectivity index (χ1v) is 10.6. The van der Waals surface area contributed by atoms with Gasteiger partial charge in [-0.25, -0.2) is 0 Å². The summed E-state index contributed by atoms with van der Waals surface area (Å²) in [6.07, 6.45) is 0. The highest BCUT2D eigenvalue weighted by atomic mass is 16.4. The van der Waals surface area contributed by atoms with Crippen LogP contribution in [0.5, 0.6) is 0 Å². The zero-order chi connectivity index (χ0) is 21.9. The van der Waals surface area contributed by atoms with E-state index in [0.29, 0.717) is 5.46 Å². The number of nitrogens with zero attached hydrogens (tertiary/aromatic N) is 1. The van der Waals surface area contributed by atoms with E-state index in [-0.39, 0.29) is 0 Å². The van der Waals surface area contributed by atoms with Gasteiger partial charge in [0.1, 0.15) is 0 Å². The third kappa shape index (κ3) is 3.90. The highest BCUT2D eigenvalue weighted by molar-refractivity contribution is 6.58. The molecule has 5 rings (SSSR count). The summed E-state index contributed by atoms with van der Waals surface area (Å²) in [5.41, 5.74) is 5.83. The Morgan fingerprint density at radius 1 is 0.500 bits per heavy atom. The molecule has 0 aliphatic carbocycles. The summed E-state index contributed by atoms with van der Waals surface area (Å²) >= 11 is 0. The first-order chi connectivity index (χ1) is 15.7. The van der Waals surface area contributed by atoms with Gasteiger partial charge in [-0.05, 0) is 52.3 Å². The second-order valence-electron chi connectivity index (χ2n) is 7.71. The fraction of sp³-hybridized carbons (Fsp3) is 0. The van der Waals surface area contributed by atoms with Crippen molar-refractivity contribution in [2.24, 2.45) is 0 Å². The zero-order valence-corrected chi connectivity index (χ0v) is 17.5. The van der Waals surface area contributed by atoms with Crippen LogP contribution in [0.3, 0.4) is 0 Å². The molecule has 0 bridgehead atoms. The molecule has 32 heavy (non-hydrogen) atoms. The Kier molecular flexibility index (Phi) is 5.47. The van der Waals surface area contributed by atoms with Gasteiger partial charge in [-0.3, -0.25) is 0 Å². The maximum absolute atomic E-state index is 9.51. The molecule has 0 heterocycles. The Morgan fingerprint density at radius 2 is 1.06 bits per heavy atom. The van der Waals surface area contributed by atoms with Gasteiger partial charge in [-0.1, -0.05) is 91.0 Å². The Labute approximate surface area is 188 Å². The van der Waals surface area contributed by atoms with E-state index in [1.165, 1.54) is 10.9 Å². The van der Waals surface area contributed by atoms with E-state index >= 15 is 0 Å². The summed E-state index contributed by atoms with van der Waals surface area (Å²) in [6, 6.07) is 40.8. The molecule has 154 valence electrons. The smallest absolute Gasteiger partial charge is 0.423 e. The van der Waals surface area contributed by atoms with Crippen LogP contribution in [0.15, 0.2) is 121 Å². The van der Waals surface area contributed by atoms with Gasteiger partial charge in [-0.15, -0.1) is 0 Å². The lowest BCUT2D eigenvalue weighted by atomic mass is 9.80. The van der Waals surface area contributed by atoms with Crippen LogP contribution >= 0.6 is 0 Å². The lowest BCUT2D eigenvalue weighted by Gasteiger charge is -2.27. The molecule has 0 fully saturated rings. The Morgan fingerprint density at radius 3 is 1.75 bits per heavy atom. The third-order valence-corrected chi connectivity index (χ3v) is 5.69. The highest BCUT2D eigenvalue weighted by Gasteiger charge is 2.17. The molecule has 2 N–H and O–H groups in total. The molecule has 4 heteroatoms. The van der Waals surface area contributed by atoms with Crippen molar-refractivity contribution in [2.45, 2.75) is 0 Å². The van der Waals surface area contributed by atoms with E-state index in [1.54, 1.807) is 12.1 Å². The van der Waals surface area contributed by atoms with Crippen LogP contribution in [-0.2, 0) is 0 Å². The second-order valence-corrected chi connectivity index (χ2v) is 7.71. The summed E-state index contributed by atoms with van der Waals surface area (Å²) in [5.74, 6) is 0. The van der Waals surface area contributed by atoms with E-state index in [2.05, 4.69) is 71.6 Å². The average molecular weight is 415 g/mol. The monoisotopic (exact) mass is 415 g/mol. The third-order valence-electron chi connectivity index (χ3n) is 5.69. The summed E-state index contributed by atoms with van der Waals surface area (Å²) in [6.45, 7) is 0. The van der Waals surface area contributed by atoms with E-state index in [9.17, 15) is 10.0 Å². The minimum atomic E-state index is -1.49. The molecule has 0 aliphatic heterocycles. The summed E-state index contributed by atoms with van der Waals surface area (Å²) < 4.78 is 0. The molecular weight excluding hydrogens is 393 g/mol. The van der Waals surface area contributed by atoms with Crippen LogP contribution in [0.1, 0.15) is 0 Å². The van der Waals surface area contributed by atoms with Gasteiger partial charge in [0.05, 0.1) is 5.69 Å². The molecule has 0 saturated heterocycles. The predicted molar refractivity (Wildman–Crippen MR) is 134 cm³/mol. The van der Waals surface area contributed by atoms with E-state index in [4.69, 9.17) is 0 Å². The molecule has 0 amide bonds. The average Bonchev–Trinajstić information content (AvgIpc) is 2.86. The van der Waals surface area contributed by atoms with Crippen LogP contribution in [0.2, 0.25) is 0 Å². The van der Waals surface area contributed by atoms with E-state index < -0.39 is 7.12 Å². The number of hydrogen-bond donors (Lipinski definition) is 2. The van der Waals surface area contributed by atoms with Gasteiger partial charge in [0, 0.05) is 16.8 Å². The Bertz CT molecular complexity index is 1330. The first kappa shape index (κ1) is 20.1. The van der Waals surface area contributed by atoms with Crippen molar-refractivity contribution in [3.05, 3.63) is 121 Å². The molecule has 5 aromatic rings. The largest absolute Gasteiger partial charge is 0.488 e. The molecule has 3 nitrogen and oxygen atoms in total. The van der Waals surface area contributed by atoms with Crippen molar-refractivity contribution in [3.63, 3.8) is 0 Å². The molecule has 0 radical (unpaired) electrons. The van der Waals surface area contributed by atoms with Gasteiger partial charge in [0.2, 0.25) is 0 Å². The second kappa shape index (κ2) is 8.71. The SMILES string of the molecule is OB(O)c1ccc(N(c2ccc(-c3ccccc3)cc2)c2cccc3ccccc23)cc1. The number of hydrogen-bond acceptors (Lipinski definition) is 3. The maximum atomic E-state index is 9.51. The minimum Gasteiger partial charge on any atom is -0.423 e. The lowest BCUT2D eigenvalue weighted by molar-refractivity contribution is 0.426. The molecular formula is C28H22BNO2. The Hall–Kier alpha value is -3.86.